The van der Waals surface area contributed by atoms with Gasteiger partial charge in [-0.25, -0.2) is 19.0 Å². The first kappa shape index (κ1) is 34.4. The molecule has 0 aliphatic carbocycles. The molecule has 0 spiro atoms. The van der Waals surface area contributed by atoms with Crippen LogP contribution in [0.2, 0.25) is 5.02 Å². The van der Waals surface area contributed by atoms with E-state index in [2.05, 4.69) is 0 Å². The topological polar surface area (TPSA) is 165 Å². The van der Waals surface area contributed by atoms with Gasteiger partial charge in [0.2, 0.25) is 0 Å². The zero-order valence-electron chi connectivity index (χ0n) is 26.7. The van der Waals surface area contributed by atoms with Crippen LogP contribution in [-0.2, 0) is 19.0 Å². The molecule has 2 fully saturated rings. The van der Waals surface area contributed by atoms with Crippen LogP contribution < -0.4 is 14.4 Å². The van der Waals surface area contributed by atoms with Crippen molar-refractivity contribution in [3.8, 4) is 22.8 Å². The van der Waals surface area contributed by atoms with Crippen LogP contribution in [0, 0.1) is 5.82 Å². The predicted molar refractivity (Wildman–Crippen MR) is 167 cm³/mol. The number of nitrogens with zero attached hydrogens (tertiary/aromatic N) is 4. The van der Waals surface area contributed by atoms with Crippen LogP contribution in [0.25, 0.3) is 11.3 Å². The predicted octanol–water partition coefficient (Wildman–Crippen LogP) is 4.39. The lowest BCUT2D eigenvalue weighted by atomic mass is 10.00. The van der Waals surface area contributed by atoms with E-state index in [1.807, 2.05) is 0 Å². The molecule has 2 aromatic rings. The molecular weight excluding hydrogens is 663 g/mol. The van der Waals surface area contributed by atoms with Crippen molar-refractivity contribution in [1.29, 1.82) is 0 Å². The molecule has 2 atom stereocenters. The Hall–Kier alpha value is -3.89. The molecule has 17 heteroatoms. The number of aromatic nitrogens is 1. The minimum Gasteiger partial charge on any atom is -0.489 e. The van der Waals surface area contributed by atoms with Crippen LogP contribution >= 0.6 is 11.6 Å². The Kier molecular flexibility index (Phi) is 9.00. The van der Waals surface area contributed by atoms with Gasteiger partial charge in [-0.15, -0.1) is 0 Å². The number of pyridine rings is 1. The number of amides is 2. The van der Waals surface area contributed by atoms with E-state index >= 15 is 4.39 Å². The molecule has 0 saturated carbocycles. The van der Waals surface area contributed by atoms with Crippen molar-refractivity contribution >= 4 is 45.7 Å². The first-order valence-corrected chi connectivity index (χ1v) is 17.0. The largest absolute Gasteiger partial charge is 0.514 e. The monoisotopic (exact) mass is 698 g/mol. The lowest BCUT2D eigenvalue weighted by Gasteiger charge is -2.39. The molecule has 256 valence electrons. The van der Waals surface area contributed by atoms with Crippen molar-refractivity contribution in [3.05, 3.63) is 34.6 Å². The Morgan fingerprint density at radius 3 is 2.51 bits per heavy atom. The number of ether oxygens (including phenoxy) is 3. The normalized spacial score (nSPS) is 21.0. The number of anilines is 1. The van der Waals surface area contributed by atoms with Crippen molar-refractivity contribution in [2.24, 2.45) is 0 Å². The number of benzene rings is 1. The van der Waals surface area contributed by atoms with E-state index in [0.29, 0.717) is 0 Å². The highest BCUT2D eigenvalue weighted by atomic mass is 35.5. The maximum absolute atomic E-state index is 15.8. The lowest BCUT2D eigenvalue weighted by molar-refractivity contribution is 0.0206. The third-order valence-electron chi connectivity index (χ3n) is 7.93. The smallest absolute Gasteiger partial charge is 0.489 e. The van der Waals surface area contributed by atoms with Gasteiger partial charge in [-0.1, -0.05) is 17.7 Å². The molecule has 1 aromatic carbocycles. The summed E-state index contributed by atoms with van der Waals surface area (Å²) in [7, 11) is -3.85. The highest BCUT2D eigenvalue weighted by Crippen LogP contribution is 2.48. The van der Waals surface area contributed by atoms with Crippen LogP contribution in [-0.4, -0.2) is 109 Å². The molecule has 0 bridgehead atoms. The van der Waals surface area contributed by atoms with Gasteiger partial charge in [0.25, 0.3) is 16.0 Å². The van der Waals surface area contributed by atoms with E-state index in [1.165, 1.54) is 21.9 Å². The van der Waals surface area contributed by atoms with Crippen LogP contribution in [0.4, 0.5) is 19.8 Å². The Balaban J connectivity index is 1.70. The van der Waals surface area contributed by atoms with Crippen molar-refractivity contribution in [1.82, 2.24) is 14.8 Å². The number of rotatable bonds is 5. The molecule has 1 unspecified atom stereocenters. The summed E-state index contributed by atoms with van der Waals surface area (Å²) in [5, 5.41) is 9.32. The first-order valence-electron chi connectivity index (χ1n) is 14.8. The molecule has 5 rings (SSSR count). The minimum absolute atomic E-state index is 0.00165. The summed E-state index contributed by atoms with van der Waals surface area (Å²) in [6.07, 6.45) is -1.91. The molecule has 1 aromatic heterocycles. The van der Waals surface area contributed by atoms with E-state index in [9.17, 15) is 27.9 Å². The van der Waals surface area contributed by atoms with Gasteiger partial charge in [-0.05, 0) is 53.2 Å². The lowest BCUT2D eigenvalue weighted by Crippen LogP contribution is -2.57. The van der Waals surface area contributed by atoms with E-state index < -0.39 is 57.4 Å². The fraction of sp³-hybridized carbons (Fsp3) is 0.533. The molecule has 2 saturated heterocycles. The van der Waals surface area contributed by atoms with Gasteiger partial charge in [0.05, 0.1) is 24.0 Å². The summed E-state index contributed by atoms with van der Waals surface area (Å²) >= 11 is 6.90. The number of hydrogen-bond acceptors (Lipinski definition) is 11. The molecule has 14 nitrogen and oxygen atoms in total. The van der Waals surface area contributed by atoms with E-state index in [4.69, 9.17) is 35.0 Å². The van der Waals surface area contributed by atoms with E-state index in [-0.39, 0.29) is 78.4 Å². The zero-order chi connectivity index (χ0) is 34.6. The summed E-state index contributed by atoms with van der Waals surface area (Å²) in [6, 6.07) is 3.08. The summed E-state index contributed by atoms with van der Waals surface area (Å²) in [4.78, 5) is 47.8. The molecular formula is C30H36ClFN4O10S. The summed E-state index contributed by atoms with van der Waals surface area (Å²) in [5.74, 6) is -1.82. The van der Waals surface area contributed by atoms with Crippen LogP contribution in [0.15, 0.2) is 18.2 Å². The van der Waals surface area contributed by atoms with Gasteiger partial charge in [-0.2, -0.15) is 8.42 Å². The van der Waals surface area contributed by atoms with Crippen LogP contribution in [0.3, 0.4) is 0 Å². The van der Waals surface area contributed by atoms with Crippen molar-refractivity contribution in [3.63, 3.8) is 0 Å². The highest BCUT2D eigenvalue weighted by molar-refractivity contribution is 7.86. The van der Waals surface area contributed by atoms with Gasteiger partial charge in [0.1, 0.15) is 45.9 Å². The molecule has 2 amide bonds. The minimum atomic E-state index is -3.85. The number of piperazine rings is 1. The Morgan fingerprint density at radius 1 is 1.17 bits per heavy atom. The standard InChI is InChI=1S/C30H36ClFN4O10S/c1-29(2,3)45-28(40)44-19-9-7-8-18(32)20(19)23-22(31)24-21(26(37)35-11-10-34(27(38)39)13-16(35)15-43-24)25(33-23)36-14-17(12-30(36,4)5)46-47(6,41)42/h7-9,16-17H,10-15H2,1-6H3,(H,38,39)/t16-,17?/m1/s1. The number of hydrogen-bond donors (Lipinski definition) is 1. The third-order valence-corrected chi connectivity index (χ3v) is 8.90. The fourth-order valence-electron chi connectivity index (χ4n) is 6.03. The van der Waals surface area contributed by atoms with Gasteiger partial charge < -0.3 is 34.0 Å². The molecule has 0 radical (unpaired) electrons. The van der Waals surface area contributed by atoms with Crippen molar-refractivity contribution < 1.29 is 50.7 Å². The van der Waals surface area contributed by atoms with Gasteiger partial charge in [-0.3, -0.25) is 8.98 Å². The number of carboxylic acid groups (broad SMARTS) is 1. The number of carbonyl (C=O) groups is 3. The van der Waals surface area contributed by atoms with Crippen LogP contribution in [0.5, 0.6) is 11.5 Å². The highest BCUT2D eigenvalue weighted by Gasteiger charge is 2.47. The maximum Gasteiger partial charge on any atom is 0.514 e. The van der Waals surface area contributed by atoms with Crippen molar-refractivity contribution in [2.45, 2.75) is 64.3 Å². The van der Waals surface area contributed by atoms with Gasteiger partial charge in [0, 0.05) is 31.7 Å². The Labute approximate surface area is 276 Å². The quantitative estimate of drug-likeness (QED) is 0.266. The summed E-state index contributed by atoms with van der Waals surface area (Å²) in [5.41, 5.74) is -2.37. The summed E-state index contributed by atoms with van der Waals surface area (Å²) < 4.78 is 62.0. The zero-order valence-corrected chi connectivity index (χ0v) is 28.3. The van der Waals surface area contributed by atoms with Crippen LogP contribution in [0.1, 0.15) is 51.4 Å². The Morgan fingerprint density at radius 2 is 1.87 bits per heavy atom. The summed E-state index contributed by atoms with van der Waals surface area (Å²) in [6.45, 7) is 8.42. The second kappa shape index (κ2) is 12.3. The van der Waals surface area contributed by atoms with Crippen molar-refractivity contribution in [2.75, 3.05) is 43.9 Å². The van der Waals surface area contributed by atoms with E-state index in [0.717, 1.165) is 12.3 Å². The third kappa shape index (κ3) is 7.18. The first-order chi connectivity index (χ1) is 21.8. The molecule has 3 aliphatic rings. The average molecular weight is 699 g/mol. The fourth-order valence-corrected chi connectivity index (χ4v) is 6.94. The number of fused-ring (bicyclic) bond motifs is 2. The number of carbonyl (C=O) groups excluding carboxylic acids is 2. The maximum atomic E-state index is 15.8. The van der Waals surface area contributed by atoms with Gasteiger partial charge >= 0.3 is 12.2 Å². The molecule has 47 heavy (non-hydrogen) atoms. The second-order valence-corrected chi connectivity index (χ2v) is 15.2. The molecule has 3 aliphatic heterocycles. The Bertz CT molecular complexity index is 1730. The number of halogens is 2. The molecule has 4 heterocycles. The van der Waals surface area contributed by atoms with E-state index in [1.54, 1.807) is 39.5 Å². The van der Waals surface area contributed by atoms with Gasteiger partial charge in [0.15, 0.2) is 5.75 Å². The second-order valence-electron chi connectivity index (χ2n) is 13.2. The average Bonchev–Trinajstić information content (AvgIpc) is 3.13. The molecule has 1 N–H and O–H groups in total. The SMILES string of the molecule is CC(C)(C)OC(=O)Oc1cccc(F)c1-c1nc(N2CC(OS(C)(=O)=O)CC2(C)C)c2c(c1Cl)OC[C@H]1CN(C(=O)O)CCN1C2=O.